The van der Waals surface area contributed by atoms with Crippen molar-refractivity contribution >= 4 is 39.9 Å². The molecule has 0 bridgehead atoms. The first-order valence-corrected chi connectivity index (χ1v) is 7.88. The quantitative estimate of drug-likeness (QED) is 0.885. The number of benzene rings is 2. The van der Waals surface area contributed by atoms with Crippen LogP contribution < -0.4 is 15.6 Å². The normalized spacial score (nSPS) is 15.7. The average Bonchev–Trinajstić information content (AvgIpc) is 2.57. The molecule has 1 aliphatic rings. The molecule has 0 saturated carbocycles. The Morgan fingerprint density at radius 2 is 1.91 bits per heavy atom. The molecule has 6 heteroatoms. The predicted octanol–water partition coefficient (Wildman–Crippen LogP) is 4.18. The molecular weight excluding hydrogens is 318 g/mol. The molecule has 0 amide bonds. The highest BCUT2D eigenvalue weighted by molar-refractivity contribution is 8.16. The van der Waals surface area contributed by atoms with Gasteiger partial charge in [-0.2, -0.15) is 0 Å². The zero-order valence-electron chi connectivity index (χ0n) is 11.8. The molecule has 0 radical (unpaired) electrons. The van der Waals surface area contributed by atoms with Gasteiger partial charge in [0.1, 0.15) is 5.75 Å². The van der Waals surface area contributed by atoms with Crippen LogP contribution in [0, 0.1) is 0 Å². The third kappa shape index (κ3) is 3.55. The lowest BCUT2D eigenvalue weighted by atomic mass is 10.2. The van der Waals surface area contributed by atoms with E-state index in [0.29, 0.717) is 0 Å². The predicted molar refractivity (Wildman–Crippen MR) is 93.4 cm³/mol. The third-order valence-corrected chi connectivity index (χ3v) is 4.05. The van der Waals surface area contributed by atoms with E-state index in [9.17, 15) is 0 Å². The van der Waals surface area contributed by atoms with Crippen LogP contribution in [0.5, 0.6) is 5.75 Å². The Bertz CT molecular complexity index is 728. The first-order chi connectivity index (χ1) is 10.7. The number of halogens is 1. The highest BCUT2D eigenvalue weighted by Crippen LogP contribution is 2.24. The summed E-state index contributed by atoms with van der Waals surface area (Å²) in [5, 5.41) is 3.51. The van der Waals surface area contributed by atoms with E-state index in [1.165, 1.54) is 11.8 Å². The van der Waals surface area contributed by atoms with Crippen molar-refractivity contribution in [1.82, 2.24) is 10.9 Å². The molecule has 112 valence electrons. The fourth-order valence-corrected chi connectivity index (χ4v) is 2.73. The maximum absolute atomic E-state index is 5.90. The van der Waals surface area contributed by atoms with Gasteiger partial charge in [-0.25, -0.2) is 4.99 Å². The Morgan fingerprint density at radius 1 is 1.09 bits per heavy atom. The van der Waals surface area contributed by atoms with Crippen LogP contribution >= 0.6 is 23.4 Å². The summed E-state index contributed by atoms with van der Waals surface area (Å²) in [6.45, 7) is 0. The summed E-state index contributed by atoms with van der Waals surface area (Å²) in [5.74, 6) is 0.785. The van der Waals surface area contributed by atoms with Gasteiger partial charge in [-0.15, -0.1) is 0 Å². The lowest BCUT2D eigenvalue weighted by Gasteiger charge is -2.19. The van der Waals surface area contributed by atoms with Crippen molar-refractivity contribution < 1.29 is 4.74 Å². The van der Waals surface area contributed by atoms with Crippen LogP contribution in [0.4, 0.5) is 5.69 Å². The van der Waals surface area contributed by atoms with Gasteiger partial charge in [-0.1, -0.05) is 41.6 Å². The van der Waals surface area contributed by atoms with Gasteiger partial charge in [0, 0.05) is 22.1 Å². The van der Waals surface area contributed by atoms with Gasteiger partial charge in [-0.05, 0) is 24.3 Å². The summed E-state index contributed by atoms with van der Waals surface area (Å²) in [7, 11) is 1.64. The van der Waals surface area contributed by atoms with Crippen LogP contribution in [-0.2, 0) is 0 Å². The number of aliphatic imine (C=N–C) groups is 1. The summed E-state index contributed by atoms with van der Waals surface area (Å²) >= 11 is 7.42. The standard InChI is InChI=1S/C16H14ClN3OS/c1-21-14-4-2-3-13(9-14)18-16-20-19-15(10-22-16)11-5-7-12(17)8-6-11/h2-10,19H,1H3,(H,18,20). The monoisotopic (exact) mass is 331 g/mol. The molecule has 0 fully saturated rings. The molecule has 1 aliphatic heterocycles. The van der Waals surface area contributed by atoms with E-state index in [1.54, 1.807) is 7.11 Å². The van der Waals surface area contributed by atoms with E-state index >= 15 is 0 Å². The Kier molecular flexibility index (Phi) is 4.56. The van der Waals surface area contributed by atoms with Gasteiger partial charge >= 0.3 is 0 Å². The van der Waals surface area contributed by atoms with Crippen molar-refractivity contribution in [2.45, 2.75) is 0 Å². The van der Waals surface area contributed by atoms with Gasteiger partial charge in [0.15, 0.2) is 5.17 Å². The van der Waals surface area contributed by atoms with Crippen molar-refractivity contribution in [3.63, 3.8) is 0 Å². The molecule has 1 heterocycles. The van der Waals surface area contributed by atoms with E-state index in [1.807, 2.05) is 53.9 Å². The van der Waals surface area contributed by atoms with Crippen LogP contribution in [0.25, 0.3) is 5.70 Å². The second-order valence-electron chi connectivity index (χ2n) is 4.52. The summed E-state index contributed by atoms with van der Waals surface area (Å²) in [4.78, 5) is 4.53. The number of hydrogen-bond acceptors (Lipinski definition) is 4. The SMILES string of the molecule is COc1cccc(N=C2NNC(c3ccc(Cl)cc3)=CS2)c1. The third-order valence-electron chi connectivity index (χ3n) is 3.03. The van der Waals surface area contributed by atoms with Crippen LogP contribution in [0.1, 0.15) is 5.56 Å². The van der Waals surface area contributed by atoms with E-state index < -0.39 is 0 Å². The molecule has 2 N–H and O–H groups in total. The fourth-order valence-electron chi connectivity index (χ4n) is 1.92. The molecule has 4 nitrogen and oxygen atoms in total. The number of hydrazine groups is 1. The van der Waals surface area contributed by atoms with E-state index in [2.05, 4.69) is 15.8 Å². The van der Waals surface area contributed by atoms with E-state index in [4.69, 9.17) is 16.3 Å². The topological polar surface area (TPSA) is 45.6 Å². The highest BCUT2D eigenvalue weighted by atomic mass is 35.5. The summed E-state index contributed by atoms with van der Waals surface area (Å²) < 4.78 is 5.19. The van der Waals surface area contributed by atoms with Crippen molar-refractivity contribution in [3.05, 3.63) is 64.5 Å². The summed E-state index contributed by atoms with van der Waals surface area (Å²) in [5.41, 5.74) is 9.10. The molecule has 0 spiro atoms. The molecule has 0 aromatic heterocycles. The van der Waals surface area contributed by atoms with Crippen LogP contribution in [0.2, 0.25) is 5.02 Å². The van der Waals surface area contributed by atoms with Gasteiger partial charge in [0.2, 0.25) is 0 Å². The molecule has 0 aliphatic carbocycles. The number of methoxy groups -OCH3 is 1. The van der Waals surface area contributed by atoms with Crippen LogP contribution in [-0.4, -0.2) is 12.3 Å². The molecule has 3 rings (SSSR count). The minimum absolute atomic E-state index is 0.723. The number of ether oxygens (including phenoxy) is 1. The van der Waals surface area contributed by atoms with Gasteiger partial charge in [0.05, 0.1) is 18.5 Å². The van der Waals surface area contributed by atoms with Crippen molar-refractivity contribution in [1.29, 1.82) is 0 Å². The van der Waals surface area contributed by atoms with Gasteiger partial charge < -0.3 is 4.74 Å². The number of rotatable bonds is 3. The number of thioether (sulfide) groups is 1. The Hall–Kier alpha value is -2.11. The molecule has 0 unspecified atom stereocenters. The first-order valence-electron chi connectivity index (χ1n) is 6.62. The molecule has 2 aromatic carbocycles. The van der Waals surface area contributed by atoms with Crippen molar-refractivity contribution in [2.24, 2.45) is 4.99 Å². The minimum Gasteiger partial charge on any atom is -0.497 e. The number of hydrogen-bond donors (Lipinski definition) is 2. The zero-order chi connectivity index (χ0) is 15.4. The molecule has 22 heavy (non-hydrogen) atoms. The Balaban J connectivity index is 1.74. The maximum Gasteiger partial charge on any atom is 0.184 e. The first kappa shape index (κ1) is 14.8. The van der Waals surface area contributed by atoms with Crippen LogP contribution in [0.3, 0.4) is 0 Å². The minimum atomic E-state index is 0.723. The second-order valence-corrected chi connectivity index (χ2v) is 5.82. The highest BCUT2D eigenvalue weighted by Gasteiger charge is 2.10. The maximum atomic E-state index is 5.90. The largest absolute Gasteiger partial charge is 0.497 e. The lowest BCUT2D eigenvalue weighted by Crippen LogP contribution is -2.36. The summed E-state index contributed by atoms with van der Waals surface area (Å²) in [6, 6.07) is 15.3. The number of nitrogens with zero attached hydrogens (tertiary/aromatic N) is 1. The van der Waals surface area contributed by atoms with Crippen molar-refractivity contribution in [2.75, 3.05) is 7.11 Å². The van der Waals surface area contributed by atoms with E-state index in [0.717, 1.165) is 32.9 Å². The van der Waals surface area contributed by atoms with Gasteiger partial charge in [0.25, 0.3) is 0 Å². The average molecular weight is 332 g/mol. The zero-order valence-corrected chi connectivity index (χ0v) is 13.4. The smallest absolute Gasteiger partial charge is 0.184 e. The van der Waals surface area contributed by atoms with E-state index in [-0.39, 0.29) is 0 Å². The Labute approximate surface area is 138 Å². The lowest BCUT2D eigenvalue weighted by molar-refractivity contribution is 0.415. The van der Waals surface area contributed by atoms with Crippen LogP contribution in [0.15, 0.2) is 58.9 Å². The number of amidine groups is 1. The molecule has 2 aromatic rings. The summed E-state index contributed by atoms with van der Waals surface area (Å²) in [6.07, 6.45) is 0. The van der Waals surface area contributed by atoms with Gasteiger partial charge in [-0.3, -0.25) is 10.9 Å². The molecule has 0 atom stereocenters. The number of nitrogens with one attached hydrogen (secondary N) is 2. The molecule has 0 saturated heterocycles. The second kappa shape index (κ2) is 6.77. The Morgan fingerprint density at radius 3 is 2.59 bits per heavy atom. The molecular formula is C16H14ClN3OS. The fraction of sp³-hybridized carbons (Fsp3) is 0.0625. The van der Waals surface area contributed by atoms with Crippen molar-refractivity contribution in [3.8, 4) is 5.75 Å².